The molecule has 1 heterocycles. The van der Waals surface area contributed by atoms with Crippen LogP contribution in [0.2, 0.25) is 0 Å². The van der Waals surface area contributed by atoms with Crippen LogP contribution >= 0.6 is 11.3 Å². The second-order valence-electron chi connectivity index (χ2n) is 12.0. The predicted octanol–water partition coefficient (Wildman–Crippen LogP) is 12.8. The second-order valence-corrected chi connectivity index (χ2v) is 13.1. The third-order valence-electron chi connectivity index (χ3n) is 8.85. The summed E-state index contributed by atoms with van der Waals surface area (Å²) < 4.78 is 1.22. The van der Waals surface area contributed by atoms with Crippen LogP contribution < -0.4 is 0 Å². The van der Waals surface area contributed by atoms with E-state index >= 15 is 0 Å². The average Bonchev–Trinajstić information content (AvgIpc) is 3.58. The van der Waals surface area contributed by atoms with Gasteiger partial charge in [0.05, 0.1) is 15.2 Å². The van der Waals surface area contributed by atoms with Gasteiger partial charge in [0, 0.05) is 11.5 Å². The van der Waals surface area contributed by atoms with E-state index in [0.29, 0.717) is 5.92 Å². The maximum atomic E-state index is 5.14. The topological polar surface area (TPSA) is 12.9 Å². The number of rotatable bonds is 9. The van der Waals surface area contributed by atoms with Crippen LogP contribution in [-0.4, -0.2) is 4.98 Å². The van der Waals surface area contributed by atoms with Gasteiger partial charge in [-0.25, -0.2) is 4.98 Å². The quantitative estimate of drug-likeness (QED) is 0.146. The number of fused-ring (bicyclic) bond motifs is 1. The Balaban J connectivity index is 1.33. The smallest absolute Gasteiger partial charge is 0.0936 e. The number of allylic oxidation sites excluding steroid dienone is 8. The first-order valence-electron chi connectivity index (χ1n) is 16.3. The van der Waals surface area contributed by atoms with Crippen LogP contribution in [0.15, 0.2) is 170 Å². The van der Waals surface area contributed by atoms with Gasteiger partial charge in [0.2, 0.25) is 0 Å². The number of aryl methyl sites for hydroxylation is 1. The van der Waals surface area contributed by atoms with Crippen molar-refractivity contribution in [2.75, 3.05) is 0 Å². The summed E-state index contributed by atoms with van der Waals surface area (Å²) in [5.74, 6) is 0.310. The number of thiazole rings is 1. The molecule has 0 fully saturated rings. The summed E-state index contributed by atoms with van der Waals surface area (Å²) in [5, 5.41) is 1.16. The lowest BCUT2D eigenvalue weighted by atomic mass is 9.87. The molecule has 6 aromatic rings. The lowest BCUT2D eigenvalue weighted by molar-refractivity contribution is 0.792. The summed E-state index contributed by atoms with van der Waals surface area (Å²) in [6.45, 7) is 10.2. The normalized spacial score (nSPS) is 14.4. The Morgan fingerprint density at radius 1 is 0.745 bits per heavy atom. The van der Waals surface area contributed by atoms with Crippen molar-refractivity contribution in [3.63, 3.8) is 0 Å². The molecule has 0 spiro atoms. The van der Waals surface area contributed by atoms with Crippen LogP contribution in [0.4, 0.5) is 0 Å². The molecule has 0 saturated carbocycles. The van der Waals surface area contributed by atoms with Gasteiger partial charge in [0.15, 0.2) is 0 Å². The van der Waals surface area contributed by atoms with Gasteiger partial charge in [-0.15, -0.1) is 11.3 Å². The van der Waals surface area contributed by atoms with Gasteiger partial charge in [-0.2, -0.15) is 0 Å². The Labute approximate surface area is 282 Å². The van der Waals surface area contributed by atoms with Crippen molar-refractivity contribution in [3.05, 3.63) is 181 Å². The van der Waals surface area contributed by atoms with Crippen molar-refractivity contribution < 1.29 is 0 Å². The molecule has 0 bridgehead atoms. The molecule has 1 aliphatic carbocycles. The van der Waals surface area contributed by atoms with Crippen LogP contribution in [0.25, 0.3) is 60.3 Å². The Kier molecular flexibility index (Phi) is 8.77. The van der Waals surface area contributed by atoms with Gasteiger partial charge < -0.3 is 0 Å². The monoisotopic (exact) mass is 623 g/mol. The van der Waals surface area contributed by atoms with Crippen molar-refractivity contribution in [2.24, 2.45) is 5.92 Å². The highest BCUT2D eigenvalue weighted by Gasteiger charge is 2.16. The fourth-order valence-corrected chi connectivity index (χ4v) is 7.27. The molecule has 1 aliphatic rings. The van der Waals surface area contributed by atoms with E-state index < -0.39 is 0 Å². The van der Waals surface area contributed by atoms with E-state index in [1.165, 1.54) is 60.3 Å². The Bertz CT molecular complexity index is 2120. The van der Waals surface area contributed by atoms with Crippen molar-refractivity contribution in [2.45, 2.75) is 19.8 Å². The summed E-state index contributed by atoms with van der Waals surface area (Å²) >= 11 is 1.80. The summed E-state index contributed by atoms with van der Waals surface area (Å²) in [6.07, 6.45) is 14.5. The van der Waals surface area contributed by atoms with Crippen molar-refractivity contribution >= 4 is 27.1 Å². The third kappa shape index (κ3) is 6.52. The highest BCUT2D eigenvalue weighted by Crippen LogP contribution is 2.40. The van der Waals surface area contributed by atoms with E-state index in [-0.39, 0.29) is 0 Å². The highest BCUT2D eigenvalue weighted by atomic mass is 32.1. The predicted molar refractivity (Wildman–Crippen MR) is 204 cm³/mol. The molecule has 1 nitrogen and oxygen atoms in total. The summed E-state index contributed by atoms with van der Waals surface area (Å²) in [5.41, 5.74) is 14.2. The SMILES string of the molecule is C=C/C=C\C(=C)C1C=CC(c2cccc(-c3cc(-c4cc(-c5ccccc5)cc(-c5ccccc5)c4)cc4sc(CC)nc34)c2)=CC1. The van der Waals surface area contributed by atoms with Crippen molar-refractivity contribution in [3.8, 4) is 44.5 Å². The standard InChI is InChI=1S/C45H37NS/c1-4-6-14-31(3)32-21-23-35(24-22-32)36-19-13-20-37(25-36)42-29-41(30-43-45(42)46-44(5-2)47-43)40-27-38(33-15-9-7-10-16-33)26-39(28-40)34-17-11-8-12-18-34/h4,6-21,23-30,32H,1,3,5,22H2,2H3/b14-6-. The van der Waals surface area contributed by atoms with E-state index in [1.807, 2.05) is 6.08 Å². The van der Waals surface area contributed by atoms with E-state index in [2.05, 4.69) is 160 Å². The van der Waals surface area contributed by atoms with Gasteiger partial charge in [0.25, 0.3) is 0 Å². The number of nitrogens with zero attached hydrogens (tertiary/aromatic N) is 1. The number of hydrogen-bond donors (Lipinski definition) is 0. The van der Waals surface area contributed by atoms with Crippen LogP contribution in [0.3, 0.4) is 0 Å². The minimum absolute atomic E-state index is 0.310. The maximum Gasteiger partial charge on any atom is 0.0936 e. The number of benzene rings is 5. The molecule has 0 N–H and O–H groups in total. The molecule has 1 aromatic heterocycles. The van der Waals surface area contributed by atoms with Gasteiger partial charge in [0.1, 0.15) is 0 Å². The lowest BCUT2D eigenvalue weighted by Crippen LogP contribution is -2.01. The fraction of sp³-hybridized carbons (Fsp3) is 0.0889. The largest absolute Gasteiger partial charge is 0.241 e. The first kappa shape index (κ1) is 30.3. The molecule has 1 unspecified atom stereocenters. The molecular weight excluding hydrogens is 587 g/mol. The Morgan fingerprint density at radius 2 is 1.34 bits per heavy atom. The van der Waals surface area contributed by atoms with Crippen LogP contribution in [0, 0.1) is 5.92 Å². The second kappa shape index (κ2) is 13.6. The fourth-order valence-electron chi connectivity index (χ4n) is 6.29. The molecule has 5 aromatic carbocycles. The highest BCUT2D eigenvalue weighted by molar-refractivity contribution is 7.18. The summed E-state index contributed by atoms with van der Waals surface area (Å²) in [7, 11) is 0. The average molecular weight is 624 g/mol. The van der Waals surface area contributed by atoms with Crippen LogP contribution in [0.1, 0.15) is 23.9 Å². The van der Waals surface area contributed by atoms with Crippen LogP contribution in [0.5, 0.6) is 0 Å². The van der Waals surface area contributed by atoms with Gasteiger partial charge in [-0.3, -0.25) is 0 Å². The van der Waals surface area contributed by atoms with E-state index in [0.717, 1.165) is 28.9 Å². The number of hydrogen-bond acceptors (Lipinski definition) is 2. The molecule has 0 radical (unpaired) electrons. The number of aromatic nitrogens is 1. The Hall–Kier alpha value is -5.31. The van der Waals surface area contributed by atoms with E-state index in [9.17, 15) is 0 Å². The summed E-state index contributed by atoms with van der Waals surface area (Å²) in [4.78, 5) is 5.14. The minimum Gasteiger partial charge on any atom is -0.241 e. The van der Waals surface area contributed by atoms with Crippen molar-refractivity contribution in [1.29, 1.82) is 0 Å². The molecule has 0 amide bonds. The van der Waals surface area contributed by atoms with Gasteiger partial charge in [-0.05, 0) is 105 Å². The molecule has 0 saturated heterocycles. The van der Waals surface area contributed by atoms with Crippen molar-refractivity contribution in [1.82, 2.24) is 4.98 Å². The first-order valence-corrected chi connectivity index (χ1v) is 17.1. The molecule has 228 valence electrons. The van der Waals surface area contributed by atoms with Gasteiger partial charge in [-0.1, -0.05) is 135 Å². The summed E-state index contributed by atoms with van der Waals surface area (Å²) in [6, 6.07) is 41.9. The molecule has 2 heteroatoms. The molecule has 0 aliphatic heterocycles. The zero-order valence-corrected chi connectivity index (χ0v) is 27.5. The Morgan fingerprint density at radius 3 is 1.96 bits per heavy atom. The van der Waals surface area contributed by atoms with Gasteiger partial charge >= 0.3 is 0 Å². The van der Waals surface area contributed by atoms with E-state index in [1.54, 1.807) is 17.4 Å². The van der Waals surface area contributed by atoms with Crippen LogP contribution in [-0.2, 0) is 6.42 Å². The first-order chi connectivity index (χ1) is 23.1. The molecule has 1 atom stereocenters. The zero-order chi connectivity index (χ0) is 32.2. The lowest BCUT2D eigenvalue weighted by Gasteiger charge is -2.17. The maximum absolute atomic E-state index is 5.14. The molecule has 47 heavy (non-hydrogen) atoms. The minimum atomic E-state index is 0.310. The zero-order valence-electron chi connectivity index (χ0n) is 26.7. The molecular formula is C45H37NS. The third-order valence-corrected chi connectivity index (χ3v) is 10.00. The molecule has 7 rings (SSSR count). The van der Waals surface area contributed by atoms with E-state index in [4.69, 9.17) is 4.98 Å².